The molecule has 31 heavy (non-hydrogen) atoms. The lowest BCUT2D eigenvalue weighted by Crippen LogP contribution is -2.42. The molecule has 2 aliphatic heterocycles. The highest BCUT2D eigenvalue weighted by atomic mass is 16.6. The Morgan fingerprint density at radius 2 is 2.10 bits per heavy atom. The van der Waals surface area contributed by atoms with Gasteiger partial charge in [-0.2, -0.15) is 0 Å². The SMILES string of the molecule is O=C(C(O)CO)N1CC=C(c2ccc(N3C[C@H](CNc4ccon4)OC3=O)cc2)CC1. The number of hydrogen-bond acceptors (Lipinski definition) is 8. The fourth-order valence-corrected chi connectivity index (χ4v) is 3.64. The number of nitrogens with zero attached hydrogens (tertiary/aromatic N) is 3. The van der Waals surface area contributed by atoms with Crippen LogP contribution in [0.2, 0.25) is 0 Å². The van der Waals surface area contributed by atoms with Gasteiger partial charge in [-0.15, -0.1) is 0 Å². The van der Waals surface area contributed by atoms with E-state index in [1.54, 1.807) is 11.0 Å². The van der Waals surface area contributed by atoms with Crippen molar-refractivity contribution in [2.75, 3.05) is 43.0 Å². The number of aliphatic hydroxyl groups excluding tert-OH is 2. The van der Waals surface area contributed by atoms with Gasteiger partial charge in [0.25, 0.3) is 5.91 Å². The normalized spacial score (nSPS) is 19.7. The molecule has 4 rings (SSSR count). The molecule has 164 valence electrons. The Hall–Kier alpha value is -3.37. The summed E-state index contributed by atoms with van der Waals surface area (Å²) < 4.78 is 10.2. The van der Waals surface area contributed by atoms with Crippen LogP contribution in [0.15, 0.2) is 47.2 Å². The summed E-state index contributed by atoms with van der Waals surface area (Å²) in [5, 5.41) is 25.3. The van der Waals surface area contributed by atoms with Gasteiger partial charge in [-0.1, -0.05) is 23.4 Å². The van der Waals surface area contributed by atoms with Crippen LogP contribution in [-0.4, -0.2) is 77.3 Å². The number of amides is 2. The first-order valence-electron chi connectivity index (χ1n) is 10.0. The van der Waals surface area contributed by atoms with Gasteiger partial charge in [-0.05, 0) is 29.7 Å². The highest BCUT2D eigenvalue weighted by molar-refractivity contribution is 5.90. The maximum atomic E-state index is 12.3. The minimum atomic E-state index is -1.37. The fraction of sp³-hybridized carbons (Fsp3) is 0.381. The lowest BCUT2D eigenvalue weighted by Gasteiger charge is -2.28. The van der Waals surface area contributed by atoms with Crippen molar-refractivity contribution in [2.24, 2.45) is 0 Å². The second-order valence-electron chi connectivity index (χ2n) is 7.39. The van der Waals surface area contributed by atoms with Gasteiger partial charge in [0.2, 0.25) is 0 Å². The number of hydrogen-bond donors (Lipinski definition) is 3. The van der Waals surface area contributed by atoms with E-state index in [2.05, 4.69) is 10.5 Å². The minimum absolute atomic E-state index is 0.303. The largest absolute Gasteiger partial charge is 0.442 e. The Kier molecular flexibility index (Phi) is 6.19. The molecule has 2 atom stereocenters. The van der Waals surface area contributed by atoms with Crippen molar-refractivity contribution in [1.82, 2.24) is 10.1 Å². The Labute approximate surface area is 178 Å². The van der Waals surface area contributed by atoms with Gasteiger partial charge in [-0.3, -0.25) is 9.69 Å². The molecule has 1 unspecified atom stereocenters. The Balaban J connectivity index is 1.34. The van der Waals surface area contributed by atoms with E-state index in [9.17, 15) is 14.7 Å². The molecule has 1 aromatic heterocycles. The van der Waals surface area contributed by atoms with Gasteiger partial charge in [0.1, 0.15) is 12.4 Å². The van der Waals surface area contributed by atoms with E-state index in [-0.39, 0.29) is 6.10 Å². The van der Waals surface area contributed by atoms with Crippen LogP contribution in [-0.2, 0) is 9.53 Å². The summed E-state index contributed by atoms with van der Waals surface area (Å²) in [4.78, 5) is 27.3. The highest BCUT2D eigenvalue weighted by Gasteiger charge is 2.32. The van der Waals surface area contributed by atoms with Crippen LogP contribution >= 0.6 is 0 Å². The van der Waals surface area contributed by atoms with E-state index in [0.717, 1.165) is 16.8 Å². The van der Waals surface area contributed by atoms with Crippen LogP contribution in [0.25, 0.3) is 5.57 Å². The number of cyclic esters (lactones) is 1. The molecule has 0 aliphatic carbocycles. The molecule has 2 aliphatic rings. The summed E-state index contributed by atoms with van der Waals surface area (Å²) in [6, 6.07) is 9.32. The lowest BCUT2D eigenvalue weighted by molar-refractivity contribution is -0.141. The van der Waals surface area contributed by atoms with Crippen LogP contribution in [0.5, 0.6) is 0 Å². The monoisotopic (exact) mass is 428 g/mol. The molecule has 0 radical (unpaired) electrons. The molecule has 10 nitrogen and oxygen atoms in total. The number of rotatable bonds is 7. The average Bonchev–Trinajstić information content (AvgIpc) is 3.46. The van der Waals surface area contributed by atoms with Crippen molar-refractivity contribution in [1.29, 1.82) is 0 Å². The summed E-state index contributed by atoms with van der Waals surface area (Å²) in [5.41, 5.74) is 2.85. The summed E-state index contributed by atoms with van der Waals surface area (Å²) in [5.74, 6) is 0.124. The average molecular weight is 428 g/mol. The second-order valence-corrected chi connectivity index (χ2v) is 7.39. The molecule has 0 saturated carbocycles. The molecule has 1 fully saturated rings. The van der Waals surface area contributed by atoms with Crippen molar-refractivity contribution >= 4 is 29.1 Å². The molecular weight excluding hydrogens is 404 g/mol. The van der Waals surface area contributed by atoms with Crippen molar-refractivity contribution in [3.63, 3.8) is 0 Å². The van der Waals surface area contributed by atoms with Crippen LogP contribution in [0.3, 0.4) is 0 Å². The van der Waals surface area contributed by atoms with E-state index in [1.165, 1.54) is 11.2 Å². The summed E-state index contributed by atoms with van der Waals surface area (Å²) in [6.45, 7) is 1.13. The molecule has 1 aromatic carbocycles. The predicted molar refractivity (Wildman–Crippen MR) is 111 cm³/mol. The van der Waals surface area contributed by atoms with Crippen LogP contribution in [0, 0.1) is 0 Å². The third-order valence-electron chi connectivity index (χ3n) is 5.35. The zero-order valence-electron chi connectivity index (χ0n) is 16.8. The fourth-order valence-electron chi connectivity index (χ4n) is 3.64. The zero-order valence-corrected chi connectivity index (χ0v) is 16.8. The quantitative estimate of drug-likeness (QED) is 0.598. The molecule has 3 heterocycles. The summed E-state index contributed by atoms with van der Waals surface area (Å²) in [7, 11) is 0. The molecule has 2 aromatic rings. The molecule has 1 saturated heterocycles. The number of carbonyl (C=O) groups excluding carboxylic acids is 2. The number of carbonyl (C=O) groups is 2. The number of aliphatic hydroxyl groups is 2. The number of anilines is 2. The van der Waals surface area contributed by atoms with Gasteiger partial charge in [0.15, 0.2) is 11.9 Å². The standard InChI is InChI=1S/C21H24N4O6/c26-13-18(27)20(28)24-8-5-15(6-9-24)14-1-3-16(4-2-14)25-12-17(31-21(25)29)11-22-19-7-10-30-23-19/h1-5,7,10,17-18,26-27H,6,8-9,11-13H2,(H,22,23)/t17-,18?/m0/s1. The molecule has 3 N–H and O–H groups in total. The van der Waals surface area contributed by atoms with Crippen molar-refractivity contribution in [3.05, 3.63) is 48.2 Å². The van der Waals surface area contributed by atoms with Gasteiger partial charge in [0.05, 0.1) is 19.7 Å². The molecule has 2 amide bonds. The van der Waals surface area contributed by atoms with Gasteiger partial charge in [0, 0.05) is 24.8 Å². The third kappa shape index (κ3) is 4.70. The molecule has 0 spiro atoms. The number of aromatic nitrogens is 1. The maximum absolute atomic E-state index is 12.3. The minimum Gasteiger partial charge on any atom is -0.442 e. The van der Waals surface area contributed by atoms with E-state index in [1.807, 2.05) is 30.3 Å². The predicted octanol–water partition coefficient (Wildman–Crippen LogP) is 1.08. The Morgan fingerprint density at radius 3 is 2.74 bits per heavy atom. The van der Waals surface area contributed by atoms with Crippen molar-refractivity contribution in [3.8, 4) is 0 Å². The number of ether oxygens (including phenoxy) is 1. The molecule has 10 heteroatoms. The first kappa shape index (κ1) is 20.9. The van der Waals surface area contributed by atoms with E-state index in [0.29, 0.717) is 38.4 Å². The maximum Gasteiger partial charge on any atom is 0.414 e. The van der Waals surface area contributed by atoms with Crippen molar-refractivity contribution in [2.45, 2.75) is 18.6 Å². The third-order valence-corrected chi connectivity index (χ3v) is 5.35. The first-order valence-corrected chi connectivity index (χ1v) is 10.0. The van der Waals surface area contributed by atoms with Crippen LogP contribution < -0.4 is 10.2 Å². The van der Waals surface area contributed by atoms with E-state index < -0.39 is 24.7 Å². The lowest BCUT2D eigenvalue weighted by atomic mass is 9.99. The van der Waals surface area contributed by atoms with Gasteiger partial charge >= 0.3 is 6.09 Å². The Bertz CT molecular complexity index is 943. The smallest absolute Gasteiger partial charge is 0.414 e. The number of nitrogens with one attached hydrogen (secondary N) is 1. The second kappa shape index (κ2) is 9.19. The topological polar surface area (TPSA) is 128 Å². The highest BCUT2D eigenvalue weighted by Crippen LogP contribution is 2.27. The number of benzene rings is 1. The Morgan fingerprint density at radius 1 is 1.29 bits per heavy atom. The molecular formula is C21H24N4O6. The first-order chi connectivity index (χ1) is 15.0. The summed E-state index contributed by atoms with van der Waals surface area (Å²) >= 11 is 0. The van der Waals surface area contributed by atoms with E-state index in [4.69, 9.17) is 14.4 Å². The zero-order chi connectivity index (χ0) is 21.8. The van der Waals surface area contributed by atoms with Crippen molar-refractivity contribution < 1.29 is 29.1 Å². The van der Waals surface area contributed by atoms with Gasteiger partial charge in [-0.25, -0.2) is 4.79 Å². The van der Waals surface area contributed by atoms with Crippen LogP contribution in [0.1, 0.15) is 12.0 Å². The van der Waals surface area contributed by atoms with Crippen LogP contribution in [0.4, 0.5) is 16.3 Å². The van der Waals surface area contributed by atoms with Gasteiger partial charge < -0.3 is 29.7 Å². The summed E-state index contributed by atoms with van der Waals surface area (Å²) in [6.07, 6.45) is 1.98. The van der Waals surface area contributed by atoms with E-state index >= 15 is 0 Å². The molecule has 0 bridgehead atoms.